The van der Waals surface area contributed by atoms with E-state index < -0.39 is 15.9 Å². The molecule has 0 unspecified atom stereocenters. The number of methoxy groups -OCH3 is 1. The molecule has 1 saturated heterocycles. The van der Waals surface area contributed by atoms with Gasteiger partial charge in [-0.25, -0.2) is 13.1 Å². The minimum absolute atomic E-state index is 0.0353. The van der Waals surface area contributed by atoms with Gasteiger partial charge in [-0.15, -0.1) is 0 Å². The van der Waals surface area contributed by atoms with Crippen LogP contribution in [0.3, 0.4) is 0 Å². The van der Waals surface area contributed by atoms with Crippen molar-refractivity contribution in [1.29, 1.82) is 0 Å². The molecule has 0 aliphatic carbocycles. The minimum atomic E-state index is -3.73. The zero-order valence-corrected chi connectivity index (χ0v) is 13.3. The summed E-state index contributed by atoms with van der Waals surface area (Å²) in [6, 6.07) is 2.53. The number of esters is 1. The molecular formula is C13H18N2O6S. The van der Waals surface area contributed by atoms with Crippen LogP contribution in [0.15, 0.2) is 21.6 Å². The van der Waals surface area contributed by atoms with E-state index in [4.69, 9.17) is 9.15 Å². The molecule has 1 aromatic heterocycles. The lowest BCUT2D eigenvalue weighted by atomic mass is 9.99. The summed E-state index contributed by atoms with van der Waals surface area (Å²) in [5.41, 5.74) is 0. The lowest BCUT2D eigenvalue weighted by Crippen LogP contribution is -2.30. The fourth-order valence-electron chi connectivity index (χ4n) is 2.43. The van der Waals surface area contributed by atoms with Crippen molar-refractivity contribution in [2.45, 2.75) is 12.0 Å². The molecule has 1 aliphatic heterocycles. The van der Waals surface area contributed by atoms with Crippen molar-refractivity contribution in [2.24, 2.45) is 11.8 Å². The summed E-state index contributed by atoms with van der Waals surface area (Å²) in [5.74, 6) is -1.31. The average molecular weight is 330 g/mol. The van der Waals surface area contributed by atoms with Crippen molar-refractivity contribution in [3.8, 4) is 0 Å². The van der Waals surface area contributed by atoms with Crippen molar-refractivity contribution in [1.82, 2.24) is 9.62 Å². The molecule has 1 amide bonds. The van der Waals surface area contributed by atoms with Crippen molar-refractivity contribution in [3.05, 3.63) is 17.9 Å². The van der Waals surface area contributed by atoms with Gasteiger partial charge in [0, 0.05) is 13.1 Å². The number of ether oxygens (including phenoxy) is 1. The van der Waals surface area contributed by atoms with Crippen LogP contribution in [0.4, 0.5) is 0 Å². The van der Waals surface area contributed by atoms with Crippen LogP contribution in [0.5, 0.6) is 0 Å². The van der Waals surface area contributed by atoms with Gasteiger partial charge in [-0.3, -0.25) is 9.59 Å². The monoisotopic (exact) mass is 330 g/mol. The van der Waals surface area contributed by atoms with Gasteiger partial charge in [-0.2, -0.15) is 0 Å². The third-order valence-corrected chi connectivity index (χ3v) is 5.02. The average Bonchev–Trinajstić information content (AvgIpc) is 3.13. The summed E-state index contributed by atoms with van der Waals surface area (Å²) < 4.78 is 35.1. The predicted molar refractivity (Wildman–Crippen MR) is 75.5 cm³/mol. The number of sulfonamides is 1. The van der Waals surface area contributed by atoms with E-state index in [0.717, 1.165) is 0 Å². The number of likely N-dealkylation sites (tertiary alicyclic amines) is 1. The Morgan fingerprint density at radius 2 is 2.05 bits per heavy atom. The van der Waals surface area contributed by atoms with Crippen molar-refractivity contribution < 1.29 is 27.2 Å². The molecule has 1 aromatic rings. The Morgan fingerprint density at radius 1 is 1.36 bits per heavy atom. The lowest BCUT2D eigenvalue weighted by molar-refractivity contribution is -0.146. The molecule has 0 saturated carbocycles. The number of hydrogen-bond donors (Lipinski definition) is 1. The van der Waals surface area contributed by atoms with Crippen molar-refractivity contribution in [3.63, 3.8) is 0 Å². The highest BCUT2D eigenvalue weighted by Crippen LogP contribution is 2.26. The van der Waals surface area contributed by atoms with E-state index in [0.29, 0.717) is 6.54 Å². The Balaban J connectivity index is 2.15. The molecule has 2 rings (SSSR count). The largest absolute Gasteiger partial charge is 0.469 e. The van der Waals surface area contributed by atoms with Crippen molar-refractivity contribution >= 4 is 21.9 Å². The molecule has 9 heteroatoms. The van der Waals surface area contributed by atoms with E-state index in [2.05, 4.69) is 4.72 Å². The molecule has 2 atom stereocenters. The molecule has 1 N–H and O–H groups in total. The van der Waals surface area contributed by atoms with Crippen molar-refractivity contribution in [2.75, 3.05) is 27.2 Å². The SMILES string of the molecule is CNS(=O)(=O)c1ccc(C(=O)N2C[C@@H](C)[C@H](C(=O)OC)C2)o1. The first-order chi connectivity index (χ1) is 10.3. The van der Waals surface area contributed by atoms with Gasteiger partial charge in [0.15, 0.2) is 5.76 Å². The van der Waals surface area contributed by atoms with Gasteiger partial charge in [0.25, 0.3) is 15.9 Å². The quantitative estimate of drug-likeness (QED) is 0.783. The first kappa shape index (κ1) is 16.5. The van der Waals surface area contributed by atoms with Crippen LogP contribution in [-0.2, 0) is 19.6 Å². The topological polar surface area (TPSA) is 106 Å². The third kappa shape index (κ3) is 3.00. The number of nitrogens with one attached hydrogen (secondary N) is 1. The number of amides is 1. The number of hydrogen-bond acceptors (Lipinski definition) is 6. The van der Waals surface area contributed by atoms with Crippen LogP contribution in [0.25, 0.3) is 0 Å². The first-order valence-electron chi connectivity index (χ1n) is 6.70. The Morgan fingerprint density at radius 3 is 2.64 bits per heavy atom. The Labute approximate surface area is 128 Å². The van der Waals surface area contributed by atoms with Gasteiger partial charge < -0.3 is 14.1 Å². The standard InChI is InChI=1S/C13H18N2O6S/c1-8-6-15(7-9(8)13(17)20-3)12(16)10-4-5-11(21-10)22(18,19)14-2/h4-5,8-9,14H,6-7H2,1-3H3/t8-,9-/m1/s1. The summed E-state index contributed by atoms with van der Waals surface area (Å²) >= 11 is 0. The highest BCUT2D eigenvalue weighted by Gasteiger charge is 2.38. The summed E-state index contributed by atoms with van der Waals surface area (Å²) in [6.45, 7) is 2.46. The van der Waals surface area contributed by atoms with Gasteiger partial charge in [-0.1, -0.05) is 6.92 Å². The number of carbonyl (C=O) groups excluding carboxylic acids is 2. The van der Waals surface area contributed by atoms with Gasteiger partial charge in [0.1, 0.15) is 0 Å². The fourth-order valence-corrected chi connectivity index (χ4v) is 3.07. The molecule has 0 spiro atoms. The van der Waals surface area contributed by atoms with Gasteiger partial charge >= 0.3 is 5.97 Å². The van der Waals surface area contributed by atoms with E-state index >= 15 is 0 Å². The third-order valence-electron chi connectivity index (χ3n) is 3.73. The molecule has 0 aromatic carbocycles. The summed E-state index contributed by atoms with van der Waals surface area (Å²) in [6.07, 6.45) is 0. The van der Waals surface area contributed by atoms with Crippen LogP contribution < -0.4 is 4.72 Å². The second-order valence-corrected chi connectivity index (χ2v) is 6.96. The van der Waals surface area contributed by atoms with Crippen LogP contribution in [0, 0.1) is 11.8 Å². The lowest BCUT2D eigenvalue weighted by Gasteiger charge is -2.14. The first-order valence-corrected chi connectivity index (χ1v) is 8.19. The van der Waals surface area contributed by atoms with Crippen LogP contribution in [0.1, 0.15) is 17.5 Å². The Kier molecular flexibility index (Phi) is 4.57. The molecule has 1 fully saturated rings. The second-order valence-electron chi connectivity index (χ2n) is 5.14. The van der Waals surface area contributed by atoms with Crippen LogP contribution >= 0.6 is 0 Å². The zero-order valence-electron chi connectivity index (χ0n) is 12.5. The van der Waals surface area contributed by atoms with Crippen LogP contribution in [-0.4, -0.2) is 52.4 Å². The predicted octanol–water partition coefficient (Wildman–Crippen LogP) is 0.0688. The summed E-state index contributed by atoms with van der Waals surface area (Å²) in [7, 11) is -1.18. The minimum Gasteiger partial charge on any atom is -0.469 e. The zero-order chi connectivity index (χ0) is 16.5. The van der Waals surface area contributed by atoms with Gasteiger partial charge in [0.05, 0.1) is 13.0 Å². The maximum Gasteiger partial charge on any atom is 0.310 e. The molecule has 8 nitrogen and oxygen atoms in total. The fraction of sp³-hybridized carbons (Fsp3) is 0.538. The number of carbonyl (C=O) groups is 2. The number of rotatable bonds is 4. The maximum atomic E-state index is 12.3. The molecule has 0 bridgehead atoms. The van der Waals surface area contributed by atoms with Crippen LogP contribution in [0.2, 0.25) is 0 Å². The molecule has 0 radical (unpaired) electrons. The van der Waals surface area contributed by atoms with E-state index in [9.17, 15) is 18.0 Å². The maximum absolute atomic E-state index is 12.3. The van der Waals surface area contributed by atoms with E-state index in [1.54, 1.807) is 0 Å². The highest BCUT2D eigenvalue weighted by atomic mass is 32.2. The molecule has 1 aliphatic rings. The van der Waals surface area contributed by atoms with E-state index in [1.165, 1.54) is 31.2 Å². The number of nitrogens with zero attached hydrogens (tertiary/aromatic N) is 1. The summed E-state index contributed by atoms with van der Waals surface area (Å²) in [4.78, 5) is 25.4. The molecule has 2 heterocycles. The van der Waals surface area contributed by atoms with Gasteiger partial charge in [0.2, 0.25) is 5.09 Å². The van der Waals surface area contributed by atoms with E-state index in [-0.39, 0.29) is 35.2 Å². The Hall–Kier alpha value is -1.87. The highest BCUT2D eigenvalue weighted by molar-refractivity contribution is 7.89. The molecule has 122 valence electrons. The molecular weight excluding hydrogens is 312 g/mol. The second kappa shape index (κ2) is 6.09. The van der Waals surface area contributed by atoms with E-state index in [1.807, 2.05) is 6.92 Å². The number of furan rings is 1. The normalized spacial score (nSPS) is 21.9. The summed E-state index contributed by atoms with van der Waals surface area (Å²) in [5, 5.41) is -0.324. The Bertz CT molecular complexity index is 680. The smallest absolute Gasteiger partial charge is 0.310 e. The molecule has 22 heavy (non-hydrogen) atoms. The van der Waals surface area contributed by atoms with Gasteiger partial charge in [-0.05, 0) is 25.1 Å².